The highest BCUT2D eigenvalue weighted by atomic mass is 35.5. The van der Waals surface area contributed by atoms with Gasteiger partial charge in [-0.1, -0.05) is 23.7 Å². The lowest BCUT2D eigenvalue weighted by Crippen LogP contribution is -2.30. The molecule has 2 heterocycles. The summed E-state index contributed by atoms with van der Waals surface area (Å²) in [4.78, 5) is 9.29. The van der Waals surface area contributed by atoms with Crippen LogP contribution in [0.2, 0.25) is 5.02 Å². The number of halogens is 1. The van der Waals surface area contributed by atoms with E-state index < -0.39 is 0 Å². The highest BCUT2D eigenvalue weighted by Gasteiger charge is 2.17. The SMILES string of the molecule is COc1ccc(N2CCCN(Cc3ncc(-c4cccc(Cl)c4)o3)CC2)cc1. The Morgan fingerprint density at radius 3 is 2.71 bits per heavy atom. The molecule has 0 radical (unpaired) electrons. The zero-order valence-electron chi connectivity index (χ0n) is 16.0. The molecular formula is C22H24ClN3O2. The maximum absolute atomic E-state index is 6.07. The van der Waals surface area contributed by atoms with Crippen LogP contribution in [0.3, 0.4) is 0 Å². The first kappa shape index (κ1) is 18.8. The molecule has 1 aromatic heterocycles. The number of rotatable bonds is 5. The molecule has 5 nitrogen and oxygen atoms in total. The van der Waals surface area contributed by atoms with Crippen molar-refractivity contribution in [1.82, 2.24) is 9.88 Å². The second-order valence-electron chi connectivity index (χ2n) is 6.94. The first-order valence-electron chi connectivity index (χ1n) is 9.53. The summed E-state index contributed by atoms with van der Waals surface area (Å²) in [6.07, 6.45) is 2.89. The fraction of sp³-hybridized carbons (Fsp3) is 0.318. The lowest BCUT2D eigenvalue weighted by molar-refractivity contribution is 0.256. The monoisotopic (exact) mass is 397 g/mol. The van der Waals surface area contributed by atoms with Crippen molar-refractivity contribution in [3.05, 3.63) is 65.6 Å². The van der Waals surface area contributed by atoms with E-state index in [1.807, 2.05) is 36.4 Å². The molecule has 1 aliphatic heterocycles. The summed E-state index contributed by atoms with van der Waals surface area (Å²) in [6.45, 7) is 4.75. The molecule has 1 fully saturated rings. The first-order chi connectivity index (χ1) is 13.7. The Kier molecular flexibility index (Phi) is 5.84. The van der Waals surface area contributed by atoms with Crippen molar-refractivity contribution in [2.24, 2.45) is 0 Å². The van der Waals surface area contributed by atoms with Crippen molar-refractivity contribution in [3.8, 4) is 17.1 Å². The highest BCUT2D eigenvalue weighted by molar-refractivity contribution is 6.30. The number of benzene rings is 2. The second kappa shape index (κ2) is 8.67. The molecular weight excluding hydrogens is 374 g/mol. The van der Waals surface area contributed by atoms with Gasteiger partial charge in [-0.2, -0.15) is 0 Å². The molecule has 3 aromatic rings. The molecule has 0 N–H and O–H groups in total. The quantitative estimate of drug-likeness (QED) is 0.623. The lowest BCUT2D eigenvalue weighted by Gasteiger charge is -2.23. The predicted octanol–water partition coefficient (Wildman–Crippen LogP) is 4.72. The van der Waals surface area contributed by atoms with E-state index in [4.69, 9.17) is 20.8 Å². The Morgan fingerprint density at radius 1 is 1.07 bits per heavy atom. The number of nitrogens with zero attached hydrogens (tertiary/aromatic N) is 3. The zero-order valence-corrected chi connectivity index (χ0v) is 16.7. The van der Waals surface area contributed by atoms with Gasteiger partial charge in [0.25, 0.3) is 0 Å². The number of ether oxygens (including phenoxy) is 1. The molecule has 146 valence electrons. The van der Waals surface area contributed by atoms with Gasteiger partial charge in [-0.3, -0.25) is 4.90 Å². The minimum absolute atomic E-state index is 0.696. The van der Waals surface area contributed by atoms with Gasteiger partial charge in [0, 0.05) is 42.5 Å². The van der Waals surface area contributed by atoms with E-state index >= 15 is 0 Å². The average molecular weight is 398 g/mol. The van der Waals surface area contributed by atoms with Crippen molar-refractivity contribution in [3.63, 3.8) is 0 Å². The van der Waals surface area contributed by atoms with Crippen LogP contribution >= 0.6 is 11.6 Å². The molecule has 28 heavy (non-hydrogen) atoms. The van der Waals surface area contributed by atoms with Crippen LogP contribution in [0.15, 0.2) is 59.1 Å². The van der Waals surface area contributed by atoms with Gasteiger partial charge >= 0.3 is 0 Å². The van der Waals surface area contributed by atoms with Gasteiger partial charge in [-0.05, 0) is 42.8 Å². The van der Waals surface area contributed by atoms with Gasteiger partial charge in [0.05, 0.1) is 19.9 Å². The molecule has 4 rings (SSSR count). The fourth-order valence-corrected chi connectivity index (χ4v) is 3.72. The average Bonchev–Trinajstić information content (AvgIpc) is 3.06. The minimum Gasteiger partial charge on any atom is -0.497 e. The molecule has 1 saturated heterocycles. The van der Waals surface area contributed by atoms with Crippen LogP contribution in [0.5, 0.6) is 5.75 Å². The topological polar surface area (TPSA) is 41.7 Å². The Morgan fingerprint density at radius 2 is 1.93 bits per heavy atom. The molecule has 0 aliphatic carbocycles. The van der Waals surface area contributed by atoms with Crippen LogP contribution < -0.4 is 9.64 Å². The van der Waals surface area contributed by atoms with Crippen LogP contribution in [0, 0.1) is 0 Å². The van der Waals surface area contributed by atoms with E-state index in [-0.39, 0.29) is 0 Å². The summed E-state index contributed by atoms with van der Waals surface area (Å²) < 4.78 is 11.2. The Balaban J connectivity index is 1.37. The highest BCUT2D eigenvalue weighted by Crippen LogP contribution is 2.24. The number of oxazole rings is 1. The predicted molar refractivity (Wildman–Crippen MR) is 112 cm³/mol. The Hall–Kier alpha value is -2.50. The van der Waals surface area contributed by atoms with Crippen molar-refractivity contribution < 1.29 is 9.15 Å². The van der Waals surface area contributed by atoms with Crippen molar-refractivity contribution in [2.45, 2.75) is 13.0 Å². The third-order valence-corrected chi connectivity index (χ3v) is 5.28. The summed E-state index contributed by atoms with van der Waals surface area (Å²) >= 11 is 6.07. The largest absolute Gasteiger partial charge is 0.497 e. The number of methoxy groups -OCH3 is 1. The van der Waals surface area contributed by atoms with E-state index in [1.54, 1.807) is 13.3 Å². The van der Waals surface area contributed by atoms with E-state index in [1.165, 1.54) is 5.69 Å². The third kappa shape index (κ3) is 4.49. The van der Waals surface area contributed by atoms with Gasteiger partial charge < -0.3 is 14.1 Å². The van der Waals surface area contributed by atoms with Gasteiger partial charge in [-0.15, -0.1) is 0 Å². The second-order valence-corrected chi connectivity index (χ2v) is 7.38. The minimum atomic E-state index is 0.696. The summed E-state index contributed by atoms with van der Waals surface area (Å²) in [5, 5.41) is 0.696. The van der Waals surface area contributed by atoms with Crippen LogP contribution in [0.1, 0.15) is 12.3 Å². The third-order valence-electron chi connectivity index (χ3n) is 5.05. The van der Waals surface area contributed by atoms with Crippen LogP contribution in [-0.2, 0) is 6.54 Å². The molecule has 0 saturated carbocycles. The van der Waals surface area contributed by atoms with E-state index in [0.717, 1.165) is 62.1 Å². The molecule has 1 aliphatic rings. The van der Waals surface area contributed by atoms with Crippen molar-refractivity contribution >= 4 is 17.3 Å². The molecule has 0 spiro atoms. The fourth-order valence-electron chi connectivity index (χ4n) is 3.53. The zero-order chi connectivity index (χ0) is 19.3. The molecule has 0 amide bonds. The van der Waals surface area contributed by atoms with E-state index in [9.17, 15) is 0 Å². The molecule has 0 unspecified atom stereocenters. The van der Waals surface area contributed by atoms with Crippen LogP contribution in [0.25, 0.3) is 11.3 Å². The van der Waals surface area contributed by atoms with E-state index in [0.29, 0.717) is 5.02 Å². The Labute approximate surface area is 170 Å². The smallest absolute Gasteiger partial charge is 0.209 e. The molecule has 0 bridgehead atoms. The van der Waals surface area contributed by atoms with E-state index in [2.05, 4.69) is 26.9 Å². The first-order valence-corrected chi connectivity index (χ1v) is 9.91. The van der Waals surface area contributed by atoms with Crippen molar-refractivity contribution in [2.75, 3.05) is 38.2 Å². The van der Waals surface area contributed by atoms with Crippen molar-refractivity contribution in [1.29, 1.82) is 0 Å². The maximum atomic E-state index is 6.07. The normalized spacial score (nSPS) is 15.4. The maximum Gasteiger partial charge on any atom is 0.209 e. The number of anilines is 1. The Bertz CT molecular complexity index is 910. The van der Waals surface area contributed by atoms with Crippen LogP contribution in [-0.4, -0.2) is 43.2 Å². The standard InChI is InChI=1S/C22H24ClN3O2/c1-27-20-8-6-19(7-9-20)26-11-3-10-25(12-13-26)16-22-24-15-21(28-22)17-4-2-5-18(23)14-17/h2,4-9,14-15H,3,10-13,16H2,1H3. The van der Waals surface area contributed by atoms with Gasteiger partial charge in [-0.25, -0.2) is 4.98 Å². The van der Waals surface area contributed by atoms with Crippen LogP contribution in [0.4, 0.5) is 5.69 Å². The summed E-state index contributed by atoms with van der Waals surface area (Å²) in [6, 6.07) is 15.9. The van der Waals surface area contributed by atoms with Gasteiger partial charge in [0.1, 0.15) is 5.75 Å². The lowest BCUT2D eigenvalue weighted by atomic mass is 10.2. The summed E-state index contributed by atoms with van der Waals surface area (Å²) in [5.41, 5.74) is 2.19. The molecule has 0 atom stereocenters. The number of hydrogen-bond acceptors (Lipinski definition) is 5. The van der Waals surface area contributed by atoms with Gasteiger partial charge in [0.15, 0.2) is 5.76 Å². The summed E-state index contributed by atoms with van der Waals surface area (Å²) in [5.74, 6) is 2.39. The number of hydrogen-bond donors (Lipinski definition) is 0. The molecule has 2 aromatic carbocycles. The van der Waals surface area contributed by atoms with Gasteiger partial charge in [0.2, 0.25) is 5.89 Å². The number of aromatic nitrogens is 1. The molecule has 6 heteroatoms. The summed E-state index contributed by atoms with van der Waals surface area (Å²) in [7, 11) is 1.69.